The minimum Gasteiger partial charge on any atom is -0.396 e. The summed E-state index contributed by atoms with van der Waals surface area (Å²) in [5.41, 5.74) is 1.67. The SMILES string of the molecule is CC1CC2C=C(CCCO)C(CC2)C1. The van der Waals surface area contributed by atoms with Gasteiger partial charge in [0.2, 0.25) is 0 Å². The minimum atomic E-state index is 0.351. The first-order valence-corrected chi connectivity index (χ1v) is 6.11. The summed E-state index contributed by atoms with van der Waals surface area (Å²) in [6.07, 6.45) is 10.3. The Hall–Kier alpha value is -0.300. The van der Waals surface area contributed by atoms with Crippen LogP contribution < -0.4 is 0 Å². The highest BCUT2D eigenvalue weighted by atomic mass is 16.2. The fourth-order valence-electron chi connectivity index (χ4n) is 3.25. The van der Waals surface area contributed by atoms with Gasteiger partial charge in [-0.3, -0.25) is 0 Å². The van der Waals surface area contributed by atoms with Gasteiger partial charge < -0.3 is 5.11 Å². The first-order chi connectivity index (χ1) is 6.79. The van der Waals surface area contributed by atoms with Crippen LogP contribution in [-0.4, -0.2) is 11.7 Å². The maximum atomic E-state index is 8.86. The second-order valence-electron chi connectivity index (χ2n) is 5.18. The Balaban J connectivity index is 2.02. The average molecular weight is 194 g/mol. The quantitative estimate of drug-likeness (QED) is 0.684. The molecule has 3 rings (SSSR count). The molecule has 0 aromatic carbocycles. The highest BCUT2D eigenvalue weighted by Gasteiger charge is 2.29. The van der Waals surface area contributed by atoms with Crippen LogP contribution in [0.1, 0.15) is 45.4 Å². The van der Waals surface area contributed by atoms with Crippen LogP contribution in [0.25, 0.3) is 0 Å². The van der Waals surface area contributed by atoms with E-state index in [0.29, 0.717) is 6.61 Å². The van der Waals surface area contributed by atoms with Crippen molar-refractivity contribution < 1.29 is 5.11 Å². The largest absolute Gasteiger partial charge is 0.396 e. The van der Waals surface area contributed by atoms with E-state index >= 15 is 0 Å². The molecule has 0 amide bonds. The smallest absolute Gasteiger partial charge is 0.0434 e. The average Bonchev–Trinajstić information content (AvgIpc) is 2.43. The Morgan fingerprint density at radius 3 is 3.00 bits per heavy atom. The van der Waals surface area contributed by atoms with E-state index in [2.05, 4.69) is 13.0 Å². The molecule has 3 aliphatic rings. The lowest BCUT2D eigenvalue weighted by atomic mass is 9.82. The van der Waals surface area contributed by atoms with E-state index in [1.807, 2.05) is 0 Å². The van der Waals surface area contributed by atoms with Crippen LogP contribution >= 0.6 is 0 Å². The molecule has 0 aromatic heterocycles. The summed E-state index contributed by atoms with van der Waals surface area (Å²) in [7, 11) is 0. The molecule has 1 N–H and O–H groups in total. The van der Waals surface area contributed by atoms with Gasteiger partial charge >= 0.3 is 0 Å². The zero-order valence-electron chi connectivity index (χ0n) is 9.21. The fraction of sp³-hybridized carbons (Fsp3) is 0.846. The first-order valence-electron chi connectivity index (χ1n) is 6.11. The first kappa shape index (κ1) is 10.2. The van der Waals surface area contributed by atoms with Crippen LogP contribution in [0.2, 0.25) is 0 Å². The molecule has 0 aliphatic heterocycles. The molecule has 1 nitrogen and oxygen atoms in total. The third-order valence-corrected chi connectivity index (χ3v) is 3.88. The molecule has 1 saturated carbocycles. The predicted molar refractivity (Wildman–Crippen MR) is 59.0 cm³/mol. The molecule has 0 spiro atoms. The highest BCUT2D eigenvalue weighted by molar-refractivity contribution is 5.14. The Kier molecular flexibility index (Phi) is 3.27. The third-order valence-electron chi connectivity index (χ3n) is 3.88. The molecular weight excluding hydrogens is 172 g/mol. The molecule has 3 unspecified atom stereocenters. The lowest BCUT2D eigenvalue weighted by molar-refractivity contribution is 0.285. The van der Waals surface area contributed by atoms with Crippen molar-refractivity contribution in [2.75, 3.05) is 6.61 Å². The molecule has 1 heteroatoms. The summed E-state index contributed by atoms with van der Waals surface area (Å²) in [5.74, 6) is 2.63. The van der Waals surface area contributed by atoms with Crippen molar-refractivity contribution in [2.45, 2.75) is 45.4 Å². The standard InChI is InChI=1S/C13H22O/c1-10-7-11-4-5-13(8-10)12(9-11)3-2-6-14/h9-11,13-14H,2-8H2,1H3. The van der Waals surface area contributed by atoms with Crippen molar-refractivity contribution in [3.05, 3.63) is 11.6 Å². The summed E-state index contributed by atoms with van der Waals surface area (Å²) < 4.78 is 0. The number of fused-ring (bicyclic) bond motifs is 3. The topological polar surface area (TPSA) is 20.2 Å². The van der Waals surface area contributed by atoms with Gasteiger partial charge in [0.15, 0.2) is 0 Å². The van der Waals surface area contributed by atoms with E-state index in [4.69, 9.17) is 5.11 Å². The molecule has 0 heterocycles. The molecule has 0 saturated heterocycles. The van der Waals surface area contributed by atoms with E-state index < -0.39 is 0 Å². The van der Waals surface area contributed by atoms with E-state index in [9.17, 15) is 0 Å². The monoisotopic (exact) mass is 194 g/mol. The number of hydrogen-bond acceptors (Lipinski definition) is 1. The van der Waals surface area contributed by atoms with Crippen LogP contribution in [0.3, 0.4) is 0 Å². The van der Waals surface area contributed by atoms with Crippen molar-refractivity contribution in [1.82, 2.24) is 0 Å². The number of hydrogen-bond donors (Lipinski definition) is 1. The normalized spacial score (nSPS) is 36.7. The number of rotatable bonds is 3. The third kappa shape index (κ3) is 2.20. The molecular formula is C13H22O. The van der Waals surface area contributed by atoms with E-state index in [1.54, 1.807) is 5.57 Å². The van der Waals surface area contributed by atoms with Gasteiger partial charge in [0.05, 0.1) is 0 Å². The molecule has 3 aliphatic carbocycles. The van der Waals surface area contributed by atoms with Crippen molar-refractivity contribution >= 4 is 0 Å². The maximum Gasteiger partial charge on any atom is 0.0434 e. The summed E-state index contributed by atoms with van der Waals surface area (Å²) in [5, 5.41) is 8.86. The second kappa shape index (κ2) is 4.48. The van der Waals surface area contributed by atoms with Crippen molar-refractivity contribution in [1.29, 1.82) is 0 Å². The molecule has 0 aromatic rings. The molecule has 14 heavy (non-hydrogen) atoms. The van der Waals surface area contributed by atoms with Gasteiger partial charge in [-0.2, -0.15) is 0 Å². The Morgan fingerprint density at radius 2 is 2.21 bits per heavy atom. The molecule has 0 radical (unpaired) electrons. The predicted octanol–water partition coefficient (Wildman–Crippen LogP) is 3.14. The highest BCUT2D eigenvalue weighted by Crippen LogP contribution is 2.42. The van der Waals surface area contributed by atoms with Gasteiger partial charge in [-0.05, 0) is 56.3 Å². The van der Waals surface area contributed by atoms with Crippen molar-refractivity contribution in [3.63, 3.8) is 0 Å². The summed E-state index contributed by atoms with van der Waals surface area (Å²) >= 11 is 0. The summed E-state index contributed by atoms with van der Waals surface area (Å²) in [4.78, 5) is 0. The van der Waals surface area contributed by atoms with Crippen LogP contribution in [0.5, 0.6) is 0 Å². The van der Waals surface area contributed by atoms with Gasteiger partial charge in [0.1, 0.15) is 0 Å². The van der Waals surface area contributed by atoms with Gasteiger partial charge in [-0.1, -0.05) is 18.6 Å². The fourth-order valence-corrected chi connectivity index (χ4v) is 3.25. The summed E-state index contributed by atoms with van der Waals surface area (Å²) in [6.45, 7) is 2.75. The number of allylic oxidation sites excluding steroid dienone is 2. The van der Waals surface area contributed by atoms with Crippen LogP contribution in [-0.2, 0) is 0 Å². The Bertz CT molecular complexity index is 219. The van der Waals surface area contributed by atoms with Gasteiger partial charge in [0, 0.05) is 6.61 Å². The maximum absolute atomic E-state index is 8.86. The van der Waals surface area contributed by atoms with Crippen LogP contribution in [0.4, 0.5) is 0 Å². The zero-order valence-corrected chi connectivity index (χ0v) is 9.21. The van der Waals surface area contributed by atoms with Crippen LogP contribution in [0.15, 0.2) is 11.6 Å². The lowest BCUT2D eigenvalue weighted by Gasteiger charge is -2.24. The van der Waals surface area contributed by atoms with E-state index in [1.165, 1.54) is 25.7 Å². The molecule has 1 fully saturated rings. The van der Waals surface area contributed by atoms with E-state index in [-0.39, 0.29) is 0 Å². The number of aliphatic hydroxyl groups excluding tert-OH is 1. The lowest BCUT2D eigenvalue weighted by Crippen LogP contribution is -2.10. The number of aliphatic hydroxyl groups is 1. The molecule has 80 valence electrons. The van der Waals surface area contributed by atoms with Crippen molar-refractivity contribution in [2.24, 2.45) is 17.8 Å². The molecule has 3 atom stereocenters. The Labute approximate surface area is 87.2 Å². The molecule has 2 bridgehead atoms. The van der Waals surface area contributed by atoms with E-state index in [0.717, 1.165) is 30.6 Å². The van der Waals surface area contributed by atoms with Crippen molar-refractivity contribution in [3.8, 4) is 0 Å². The van der Waals surface area contributed by atoms with Gasteiger partial charge in [-0.15, -0.1) is 0 Å². The minimum absolute atomic E-state index is 0.351. The van der Waals surface area contributed by atoms with Crippen LogP contribution in [0, 0.1) is 17.8 Å². The second-order valence-corrected chi connectivity index (χ2v) is 5.18. The van der Waals surface area contributed by atoms with Gasteiger partial charge in [-0.25, -0.2) is 0 Å². The zero-order chi connectivity index (χ0) is 9.97. The summed E-state index contributed by atoms with van der Waals surface area (Å²) in [6, 6.07) is 0. The van der Waals surface area contributed by atoms with Gasteiger partial charge in [0.25, 0.3) is 0 Å². The Morgan fingerprint density at radius 1 is 1.36 bits per heavy atom.